The van der Waals surface area contributed by atoms with Crippen LogP contribution in [0.5, 0.6) is 0 Å². The fraction of sp³-hybridized carbons (Fsp3) is 0.440. The van der Waals surface area contributed by atoms with Gasteiger partial charge in [0.25, 0.3) is 20.2 Å². The maximum absolute atomic E-state index is 12.8. The molecular formula is C25H28O6S2. The smallest absolute Gasteiger partial charge is 0.266 e. The minimum Gasteiger partial charge on any atom is -0.266 e. The molecule has 33 heavy (non-hydrogen) atoms. The van der Waals surface area contributed by atoms with E-state index in [0.29, 0.717) is 0 Å². The number of hydrogen-bond donors (Lipinski definition) is 0. The highest BCUT2D eigenvalue weighted by atomic mass is 32.2. The normalized spacial score (nSPS) is 27.3. The molecule has 176 valence electrons. The number of rotatable bonds is 8. The summed E-state index contributed by atoms with van der Waals surface area (Å²) in [6, 6.07) is 13.1. The summed E-state index contributed by atoms with van der Waals surface area (Å²) in [6.45, 7) is 3.82. The van der Waals surface area contributed by atoms with Crippen molar-refractivity contribution in [3.05, 3.63) is 71.8 Å². The highest BCUT2D eigenvalue weighted by Gasteiger charge is 2.66. The first-order chi connectivity index (χ1) is 15.6. The lowest BCUT2D eigenvalue weighted by Crippen LogP contribution is -2.30. The molecule has 2 aromatic carbocycles. The second-order valence-corrected chi connectivity index (χ2v) is 12.8. The second kappa shape index (κ2) is 8.05. The van der Waals surface area contributed by atoms with Crippen molar-refractivity contribution in [2.24, 2.45) is 29.1 Å². The Balaban J connectivity index is 1.32. The summed E-state index contributed by atoms with van der Waals surface area (Å²) in [6.07, 6.45) is 6.46. The zero-order valence-electron chi connectivity index (χ0n) is 18.7. The van der Waals surface area contributed by atoms with E-state index in [9.17, 15) is 16.8 Å². The predicted octanol–water partition coefficient (Wildman–Crippen LogP) is 4.24. The first kappa shape index (κ1) is 22.8. The predicted molar refractivity (Wildman–Crippen MR) is 123 cm³/mol. The molecule has 6 nitrogen and oxygen atoms in total. The van der Waals surface area contributed by atoms with Crippen LogP contribution in [-0.4, -0.2) is 30.0 Å². The topological polar surface area (TPSA) is 86.7 Å². The third kappa shape index (κ3) is 4.07. The molecule has 1 spiro atoms. The molecule has 8 heteroatoms. The Morgan fingerprint density at radius 3 is 1.39 bits per heavy atom. The quantitative estimate of drug-likeness (QED) is 0.408. The number of hydrogen-bond acceptors (Lipinski definition) is 6. The van der Waals surface area contributed by atoms with Crippen LogP contribution in [0.15, 0.2) is 70.5 Å². The molecule has 0 heterocycles. The molecule has 5 rings (SSSR count). The Morgan fingerprint density at radius 2 is 1.06 bits per heavy atom. The Morgan fingerprint density at radius 1 is 0.697 bits per heavy atom. The van der Waals surface area contributed by atoms with Crippen LogP contribution >= 0.6 is 0 Å². The van der Waals surface area contributed by atoms with Gasteiger partial charge in [-0.15, -0.1) is 0 Å². The molecule has 0 radical (unpaired) electrons. The monoisotopic (exact) mass is 488 g/mol. The minimum absolute atomic E-state index is 0.0159. The van der Waals surface area contributed by atoms with Gasteiger partial charge >= 0.3 is 0 Å². The molecule has 2 bridgehead atoms. The molecule has 0 unspecified atom stereocenters. The molecule has 2 aromatic rings. The highest BCUT2D eigenvalue weighted by Crippen LogP contribution is 2.72. The van der Waals surface area contributed by atoms with Gasteiger partial charge in [-0.25, -0.2) is 0 Å². The molecule has 0 aliphatic heterocycles. The number of benzene rings is 2. The Labute approximate surface area is 195 Å². The Bertz CT molecular complexity index is 1180. The average Bonchev–Trinajstić information content (AvgIpc) is 3.44. The van der Waals surface area contributed by atoms with Gasteiger partial charge in [0.1, 0.15) is 0 Å². The molecule has 3 aliphatic carbocycles. The number of aryl methyl sites for hydroxylation is 2. The summed E-state index contributed by atoms with van der Waals surface area (Å²) >= 11 is 0. The lowest BCUT2D eigenvalue weighted by atomic mass is 9.84. The van der Waals surface area contributed by atoms with Crippen molar-refractivity contribution in [2.45, 2.75) is 36.5 Å². The van der Waals surface area contributed by atoms with Gasteiger partial charge < -0.3 is 0 Å². The van der Waals surface area contributed by atoms with E-state index in [4.69, 9.17) is 8.37 Å². The van der Waals surface area contributed by atoms with Crippen molar-refractivity contribution in [1.82, 2.24) is 0 Å². The first-order valence-electron chi connectivity index (χ1n) is 11.2. The summed E-state index contributed by atoms with van der Waals surface area (Å²) in [5, 5.41) is 0. The van der Waals surface area contributed by atoms with Crippen LogP contribution in [-0.2, 0) is 28.6 Å². The third-order valence-corrected chi connectivity index (χ3v) is 10.2. The van der Waals surface area contributed by atoms with E-state index < -0.39 is 20.2 Å². The summed E-state index contributed by atoms with van der Waals surface area (Å²) in [5.41, 5.74) is 2.05. The number of allylic oxidation sites excluding steroid dienone is 2. The van der Waals surface area contributed by atoms with Crippen molar-refractivity contribution in [3.63, 3.8) is 0 Å². The standard InChI is InChI=1S/C25H28O6S2/c1-17-3-7-19(8-4-17)32(26,27)30-15-21-22(24-12-11-23(21)25(24)13-14-25)16-31-33(28,29)20-9-5-18(2)6-10-20/h3-12,21-24H,13-16H2,1-2H3/t21-,22+,23+,24-. The van der Waals surface area contributed by atoms with Crippen molar-refractivity contribution in [2.75, 3.05) is 13.2 Å². The maximum atomic E-state index is 12.8. The van der Waals surface area contributed by atoms with Crippen molar-refractivity contribution >= 4 is 20.2 Å². The molecule has 0 N–H and O–H groups in total. The SMILES string of the molecule is Cc1ccc(S(=O)(=O)OC[C@@H]2[C@H](COS(=O)(=O)c3ccc(C)cc3)[C@H]3C=C[C@@H]2C32CC2)cc1. The summed E-state index contributed by atoms with van der Waals surface area (Å²) in [4.78, 5) is 0.255. The van der Waals surface area contributed by atoms with Gasteiger partial charge in [0.2, 0.25) is 0 Å². The maximum Gasteiger partial charge on any atom is 0.296 e. The van der Waals surface area contributed by atoms with Gasteiger partial charge in [0.15, 0.2) is 0 Å². The van der Waals surface area contributed by atoms with E-state index in [0.717, 1.165) is 24.0 Å². The molecule has 0 aromatic heterocycles. The average molecular weight is 489 g/mol. The van der Waals surface area contributed by atoms with Gasteiger partial charge in [-0.05, 0) is 80.0 Å². The van der Waals surface area contributed by atoms with Crippen LogP contribution in [0.25, 0.3) is 0 Å². The van der Waals surface area contributed by atoms with E-state index in [2.05, 4.69) is 12.2 Å². The van der Waals surface area contributed by atoms with Gasteiger partial charge in [-0.2, -0.15) is 16.8 Å². The summed E-state index contributed by atoms with van der Waals surface area (Å²) in [7, 11) is -7.79. The fourth-order valence-electron chi connectivity index (χ4n) is 5.66. The third-order valence-electron chi connectivity index (χ3n) is 7.60. The largest absolute Gasteiger partial charge is 0.296 e. The van der Waals surface area contributed by atoms with E-state index in [-0.39, 0.29) is 52.1 Å². The van der Waals surface area contributed by atoms with Gasteiger partial charge in [0, 0.05) is 0 Å². The van der Waals surface area contributed by atoms with Gasteiger partial charge in [0.05, 0.1) is 23.0 Å². The Kier molecular flexibility index (Phi) is 5.55. The van der Waals surface area contributed by atoms with Crippen LogP contribution in [0.2, 0.25) is 0 Å². The van der Waals surface area contributed by atoms with Crippen LogP contribution in [0.4, 0.5) is 0 Å². The lowest BCUT2D eigenvalue weighted by Gasteiger charge is -2.27. The molecule has 0 saturated heterocycles. The first-order valence-corrected chi connectivity index (χ1v) is 14.0. The second-order valence-electron chi connectivity index (χ2n) is 9.60. The molecule has 2 saturated carbocycles. The Hall–Kier alpha value is -2.00. The van der Waals surface area contributed by atoms with Crippen molar-refractivity contribution in [1.29, 1.82) is 0 Å². The van der Waals surface area contributed by atoms with Crippen LogP contribution in [0.3, 0.4) is 0 Å². The zero-order chi connectivity index (χ0) is 23.4. The van der Waals surface area contributed by atoms with Gasteiger partial charge in [-0.3, -0.25) is 8.37 Å². The molecule has 3 aliphatic rings. The van der Waals surface area contributed by atoms with Gasteiger partial charge in [-0.1, -0.05) is 47.5 Å². The summed E-state index contributed by atoms with van der Waals surface area (Å²) in [5.74, 6) is 0.143. The fourth-order valence-corrected chi connectivity index (χ4v) is 7.55. The highest BCUT2D eigenvalue weighted by molar-refractivity contribution is 7.87. The molecule has 2 fully saturated rings. The lowest BCUT2D eigenvalue weighted by molar-refractivity contribution is 0.138. The summed E-state index contributed by atoms with van der Waals surface area (Å²) < 4.78 is 62.0. The molecular weight excluding hydrogens is 460 g/mol. The zero-order valence-corrected chi connectivity index (χ0v) is 20.3. The van der Waals surface area contributed by atoms with E-state index in [1.807, 2.05) is 13.8 Å². The minimum atomic E-state index is -3.90. The molecule has 0 amide bonds. The van der Waals surface area contributed by atoms with E-state index in [1.54, 1.807) is 48.5 Å². The van der Waals surface area contributed by atoms with Crippen molar-refractivity contribution in [3.8, 4) is 0 Å². The van der Waals surface area contributed by atoms with Crippen molar-refractivity contribution < 1.29 is 25.2 Å². The molecule has 4 atom stereocenters. The van der Waals surface area contributed by atoms with Crippen LogP contribution in [0.1, 0.15) is 24.0 Å². The van der Waals surface area contributed by atoms with Crippen LogP contribution < -0.4 is 0 Å². The van der Waals surface area contributed by atoms with Crippen LogP contribution in [0, 0.1) is 42.9 Å². The van der Waals surface area contributed by atoms with E-state index in [1.165, 1.54) is 0 Å². The van der Waals surface area contributed by atoms with E-state index >= 15 is 0 Å².